The Morgan fingerprint density at radius 2 is 1.95 bits per heavy atom. The van der Waals surface area contributed by atoms with Gasteiger partial charge in [0, 0.05) is 25.0 Å². The van der Waals surface area contributed by atoms with E-state index >= 15 is 0 Å². The molecule has 3 heteroatoms. The highest BCUT2D eigenvalue weighted by Gasteiger charge is 2.01. The number of benzene rings is 1. The molecule has 0 unspecified atom stereocenters. The number of nitrogens with zero attached hydrogens (tertiary/aromatic N) is 1. The van der Waals surface area contributed by atoms with Crippen LogP contribution in [0.5, 0.6) is 5.75 Å². The van der Waals surface area contributed by atoms with Crippen LogP contribution < -0.4 is 10.1 Å². The van der Waals surface area contributed by atoms with E-state index in [1.165, 1.54) is 17.7 Å². The molecule has 0 aliphatic carbocycles. The molecular formula is C16H22N2O. The van der Waals surface area contributed by atoms with Crippen molar-refractivity contribution in [2.75, 3.05) is 13.7 Å². The van der Waals surface area contributed by atoms with Crippen molar-refractivity contribution < 1.29 is 4.74 Å². The molecule has 1 N–H and O–H groups in total. The van der Waals surface area contributed by atoms with Crippen molar-refractivity contribution in [2.45, 2.75) is 26.4 Å². The predicted molar refractivity (Wildman–Crippen MR) is 78.5 cm³/mol. The second-order valence-electron chi connectivity index (χ2n) is 4.65. The summed E-state index contributed by atoms with van der Waals surface area (Å²) in [5, 5.41) is 3.44. The molecule has 0 fully saturated rings. The molecule has 1 heterocycles. The van der Waals surface area contributed by atoms with Crippen LogP contribution in [0, 0.1) is 0 Å². The first kappa shape index (κ1) is 13.7. The number of ether oxygens (including phenoxy) is 1. The number of hydrogen-bond acceptors (Lipinski definition) is 2. The average Bonchev–Trinajstić information content (AvgIpc) is 2.87. The zero-order valence-corrected chi connectivity index (χ0v) is 11.7. The Morgan fingerprint density at radius 3 is 2.63 bits per heavy atom. The minimum atomic E-state index is 0.903. The van der Waals surface area contributed by atoms with E-state index in [-0.39, 0.29) is 0 Å². The molecule has 0 spiro atoms. The molecule has 3 nitrogen and oxygen atoms in total. The maximum atomic E-state index is 5.18. The third kappa shape index (κ3) is 3.86. The number of methoxy groups -OCH3 is 1. The summed E-state index contributed by atoms with van der Waals surface area (Å²) in [6.45, 7) is 5.08. The van der Waals surface area contributed by atoms with E-state index in [0.717, 1.165) is 25.4 Å². The summed E-state index contributed by atoms with van der Waals surface area (Å²) in [5.41, 5.74) is 2.61. The summed E-state index contributed by atoms with van der Waals surface area (Å²) in [4.78, 5) is 0. The van der Waals surface area contributed by atoms with E-state index < -0.39 is 0 Å². The lowest BCUT2D eigenvalue weighted by atomic mass is 10.2. The molecule has 2 aromatic rings. The van der Waals surface area contributed by atoms with Crippen molar-refractivity contribution in [3.63, 3.8) is 0 Å². The first-order valence-corrected chi connectivity index (χ1v) is 6.81. The SMILES string of the molecule is CCCNCc1cccn1Cc1ccc(OC)cc1. The lowest BCUT2D eigenvalue weighted by molar-refractivity contribution is 0.414. The Balaban J connectivity index is 1.99. The highest BCUT2D eigenvalue weighted by Crippen LogP contribution is 2.13. The van der Waals surface area contributed by atoms with Crippen LogP contribution in [0.2, 0.25) is 0 Å². The standard InChI is InChI=1S/C16H22N2O/c1-3-10-17-12-15-5-4-11-18(15)13-14-6-8-16(19-2)9-7-14/h4-9,11,17H,3,10,12-13H2,1-2H3. The van der Waals surface area contributed by atoms with E-state index in [1.807, 2.05) is 12.1 Å². The Bertz CT molecular complexity index is 488. The largest absolute Gasteiger partial charge is 0.497 e. The minimum absolute atomic E-state index is 0.903. The van der Waals surface area contributed by atoms with Gasteiger partial charge >= 0.3 is 0 Å². The molecule has 0 aliphatic heterocycles. The van der Waals surface area contributed by atoms with Crippen molar-refractivity contribution in [3.8, 4) is 5.75 Å². The molecule has 1 aromatic heterocycles. The Morgan fingerprint density at radius 1 is 1.16 bits per heavy atom. The topological polar surface area (TPSA) is 26.2 Å². The normalized spacial score (nSPS) is 10.6. The Labute approximate surface area is 115 Å². The van der Waals surface area contributed by atoms with E-state index in [1.54, 1.807) is 7.11 Å². The second-order valence-corrected chi connectivity index (χ2v) is 4.65. The predicted octanol–water partition coefficient (Wildman–Crippen LogP) is 3.04. The van der Waals surface area contributed by atoms with Crippen molar-refractivity contribution in [3.05, 3.63) is 53.9 Å². The average molecular weight is 258 g/mol. The van der Waals surface area contributed by atoms with Crippen molar-refractivity contribution in [2.24, 2.45) is 0 Å². The molecule has 0 saturated carbocycles. The Kier molecular flexibility index (Phi) is 5.04. The van der Waals surface area contributed by atoms with Crippen LogP contribution in [-0.2, 0) is 13.1 Å². The van der Waals surface area contributed by atoms with E-state index in [2.05, 4.69) is 47.3 Å². The monoisotopic (exact) mass is 258 g/mol. The van der Waals surface area contributed by atoms with Crippen LogP contribution in [0.3, 0.4) is 0 Å². The van der Waals surface area contributed by atoms with Crippen LogP contribution in [-0.4, -0.2) is 18.2 Å². The van der Waals surface area contributed by atoms with Gasteiger partial charge in [-0.3, -0.25) is 0 Å². The highest BCUT2D eigenvalue weighted by atomic mass is 16.5. The molecule has 0 saturated heterocycles. The molecule has 0 bridgehead atoms. The molecule has 102 valence electrons. The Hall–Kier alpha value is -1.74. The second kappa shape index (κ2) is 7.00. The van der Waals surface area contributed by atoms with Crippen molar-refractivity contribution in [1.82, 2.24) is 9.88 Å². The third-order valence-electron chi connectivity index (χ3n) is 3.17. The number of aromatic nitrogens is 1. The summed E-state index contributed by atoms with van der Waals surface area (Å²) in [5.74, 6) is 0.904. The van der Waals surface area contributed by atoms with Crippen LogP contribution >= 0.6 is 0 Å². The van der Waals surface area contributed by atoms with Gasteiger partial charge in [0.15, 0.2) is 0 Å². The first-order valence-electron chi connectivity index (χ1n) is 6.81. The molecule has 19 heavy (non-hydrogen) atoms. The van der Waals surface area contributed by atoms with E-state index in [0.29, 0.717) is 0 Å². The molecule has 1 aromatic carbocycles. The van der Waals surface area contributed by atoms with Crippen molar-refractivity contribution >= 4 is 0 Å². The first-order chi connectivity index (χ1) is 9.33. The van der Waals surface area contributed by atoms with Gasteiger partial charge in [-0.1, -0.05) is 19.1 Å². The fraction of sp³-hybridized carbons (Fsp3) is 0.375. The van der Waals surface area contributed by atoms with E-state index in [9.17, 15) is 0 Å². The zero-order valence-electron chi connectivity index (χ0n) is 11.7. The van der Waals surface area contributed by atoms with Crippen molar-refractivity contribution in [1.29, 1.82) is 0 Å². The maximum absolute atomic E-state index is 5.18. The molecule has 0 aliphatic rings. The molecule has 0 radical (unpaired) electrons. The van der Waals surface area contributed by atoms with Gasteiger partial charge in [-0.05, 0) is 42.8 Å². The van der Waals surface area contributed by atoms with Gasteiger partial charge in [0.05, 0.1) is 7.11 Å². The van der Waals surface area contributed by atoms with Crippen LogP contribution in [0.1, 0.15) is 24.6 Å². The van der Waals surface area contributed by atoms with Gasteiger partial charge in [0.25, 0.3) is 0 Å². The van der Waals surface area contributed by atoms with Crippen LogP contribution in [0.15, 0.2) is 42.6 Å². The van der Waals surface area contributed by atoms with Gasteiger partial charge in [-0.25, -0.2) is 0 Å². The number of nitrogens with one attached hydrogen (secondary N) is 1. The lowest BCUT2D eigenvalue weighted by Crippen LogP contribution is -2.16. The minimum Gasteiger partial charge on any atom is -0.497 e. The molecular weight excluding hydrogens is 236 g/mol. The van der Waals surface area contributed by atoms with Gasteiger partial charge < -0.3 is 14.6 Å². The molecule has 0 amide bonds. The van der Waals surface area contributed by atoms with Gasteiger partial charge in [-0.15, -0.1) is 0 Å². The lowest BCUT2D eigenvalue weighted by Gasteiger charge is -2.10. The molecule has 2 rings (SSSR count). The number of hydrogen-bond donors (Lipinski definition) is 1. The summed E-state index contributed by atoms with van der Waals surface area (Å²) in [6, 6.07) is 12.5. The van der Waals surface area contributed by atoms with Crippen LogP contribution in [0.4, 0.5) is 0 Å². The number of rotatable bonds is 7. The quantitative estimate of drug-likeness (QED) is 0.773. The summed E-state index contributed by atoms with van der Waals surface area (Å²) < 4.78 is 7.46. The maximum Gasteiger partial charge on any atom is 0.118 e. The summed E-state index contributed by atoms with van der Waals surface area (Å²) >= 11 is 0. The fourth-order valence-electron chi connectivity index (χ4n) is 2.09. The zero-order chi connectivity index (χ0) is 13.5. The smallest absolute Gasteiger partial charge is 0.118 e. The van der Waals surface area contributed by atoms with Gasteiger partial charge in [0.2, 0.25) is 0 Å². The fourth-order valence-corrected chi connectivity index (χ4v) is 2.09. The van der Waals surface area contributed by atoms with E-state index in [4.69, 9.17) is 4.74 Å². The third-order valence-corrected chi connectivity index (χ3v) is 3.17. The molecule has 0 atom stereocenters. The van der Waals surface area contributed by atoms with Crippen LogP contribution in [0.25, 0.3) is 0 Å². The van der Waals surface area contributed by atoms with Gasteiger partial charge in [-0.2, -0.15) is 0 Å². The summed E-state index contributed by atoms with van der Waals surface area (Å²) in [7, 11) is 1.69. The van der Waals surface area contributed by atoms with Gasteiger partial charge in [0.1, 0.15) is 5.75 Å². The highest BCUT2D eigenvalue weighted by molar-refractivity contribution is 5.27. The summed E-state index contributed by atoms with van der Waals surface area (Å²) in [6.07, 6.45) is 3.30.